The van der Waals surface area contributed by atoms with Crippen LogP contribution in [0.5, 0.6) is 17.2 Å². The van der Waals surface area contributed by atoms with Gasteiger partial charge in [-0.15, -0.1) is 0 Å². The Morgan fingerprint density at radius 3 is 2.91 bits per heavy atom. The lowest BCUT2D eigenvalue weighted by atomic mass is 9.86. The van der Waals surface area contributed by atoms with Crippen molar-refractivity contribution >= 4 is 5.71 Å². The van der Waals surface area contributed by atoms with Crippen molar-refractivity contribution in [3.63, 3.8) is 0 Å². The number of ether oxygens (including phenoxy) is 3. The lowest BCUT2D eigenvalue weighted by molar-refractivity contribution is 0.170. The highest BCUT2D eigenvalue weighted by Crippen LogP contribution is 2.50. The van der Waals surface area contributed by atoms with Crippen LogP contribution in [-0.4, -0.2) is 43.3 Å². The molecule has 0 radical (unpaired) electrons. The van der Waals surface area contributed by atoms with Gasteiger partial charge in [0.05, 0.1) is 12.8 Å². The van der Waals surface area contributed by atoms with Gasteiger partial charge in [-0.25, -0.2) is 0 Å². The van der Waals surface area contributed by atoms with Crippen molar-refractivity contribution in [2.24, 2.45) is 11.1 Å². The first-order valence-corrected chi connectivity index (χ1v) is 7.97. The van der Waals surface area contributed by atoms with E-state index in [-0.39, 0.29) is 18.8 Å². The summed E-state index contributed by atoms with van der Waals surface area (Å²) in [5, 5.41) is 12.8. The molecule has 6 heteroatoms. The average molecular weight is 320 g/mol. The molecule has 1 aromatic rings. The fourth-order valence-corrected chi connectivity index (χ4v) is 3.37. The summed E-state index contributed by atoms with van der Waals surface area (Å²) in [6, 6.07) is 2.15. The third-order valence-corrected chi connectivity index (χ3v) is 4.74. The van der Waals surface area contributed by atoms with E-state index in [1.807, 2.05) is 13.8 Å². The van der Waals surface area contributed by atoms with Crippen molar-refractivity contribution in [2.75, 3.05) is 27.5 Å². The zero-order chi connectivity index (χ0) is 16.6. The Morgan fingerprint density at radius 2 is 2.26 bits per heavy atom. The van der Waals surface area contributed by atoms with Gasteiger partial charge in [0.1, 0.15) is 0 Å². The Balaban J connectivity index is 2.07. The molecular formula is C17H24N2O4. The fraction of sp³-hybridized carbons (Fsp3) is 0.588. The minimum Gasteiger partial charge on any atom is -0.492 e. The monoisotopic (exact) mass is 320 g/mol. The van der Waals surface area contributed by atoms with Crippen LogP contribution >= 0.6 is 0 Å². The van der Waals surface area contributed by atoms with Crippen molar-refractivity contribution in [1.82, 2.24) is 4.90 Å². The number of methoxy groups -OCH3 is 1. The quantitative estimate of drug-likeness (QED) is 0.525. The molecule has 126 valence electrons. The van der Waals surface area contributed by atoms with Crippen molar-refractivity contribution in [2.45, 2.75) is 32.7 Å². The Hall–Kier alpha value is -1.95. The third kappa shape index (κ3) is 2.72. The van der Waals surface area contributed by atoms with E-state index in [0.29, 0.717) is 12.2 Å². The predicted octanol–water partition coefficient (Wildman–Crippen LogP) is 2.83. The first-order chi connectivity index (χ1) is 11.1. The zero-order valence-corrected chi connectivity index (χ0v) is 14.1. The van der Waals surface area contributed by atoms with E-state index < -0.39 is 0 Å². The lowest BCUT2D eigenvalue weighted by Crippen LogP contribution is -2.34. The van der Waals surface area contributed by atoms with E-state index in [1.54, 1.807) is 7.11 Å². The highest BCUT2D eigenvalue weighted by atomic mass is 16.7. The molecule has 0 aromatic heterocycles. The normalized spacial score (nSPS) is 20.7. The molecule has 6 nitrogen and oxygen atoms in total. The molecule has 0 saturated carbocycles. The molecule has 2 aliphatic rings. The summed E-state index contributed by atoms with van der Waals surface area (Å²) in [6.07, 6.45) is 1.59. The summed E-state index contributed by atoms with van der Waals surface area (Å²) in [5.74, 6) is 2.37. The lowest BCUT2D eigenvalue weighted by Gasteiger charge is -2.36. The Bertz CT molecular complexity index is 628. The molecule has 0 bridgehead atoms. The second-order valence-corrected chi connectivity index (χ2v) is 6.41. The van der Waals surface area contributed by atoms with Crippen molar-refractivity contribution < 1.29 is 19.4 Å². The molecule has 0 amide bonds. The summed E-state index contributed by atoms with van der Waals surface area (Å²) in [5.41, 5.74) is 3.12. The van der Waals surface area contributed by atoms with Crippen LogP contribution in [-0.2, 0) is 6.42 Å². The summed E-state index contributed by atoms with van der Waals surface area (Å²) in [4.78, 5) is 2.28. The second kappa shape index (κ2) is 6.28. The van der Waals surface area contributed by atoms with Gasteiger partial charge in [0.25, 0.3) is 0 Å². The van der Waals surface area contributed by atoms with Crippen molar-refractivity contribution in [1.29, 1.82) is 0 Å². The molecule has 23 heavy (non-hydrogen) atoms. The van der Waals surface area contributed by atoms with Gasteiger partial charge in [-0.2, -0.15) is 0 Å². The minimum absolute atomic E-state index is 0.0940. The first-order valence-electron chi connectivity index (χ1n) is 7.97. The fourth-order valence-electron chi connectivity index (χ4n) is 3.37. The van der Waals surface area contributed by atoms with E-state index in [1.165, 1.54) is 5.56 Å². The van der Waals surface area contributed by atoms with Gasteiger partial charge in [0.15, 0.2) is 11.5 Å². The van der Waals surface area contributed by atoms with Crippen LogP contribution in [0.4, 0.5) is 0 Å². The van der Waals surface area contributed by atoms with Crippen LogP contribution in [0.2, 0.25) is 0 Å². The summed E-state index contributed by atoms with van der Waals surface area (Å²) < 4.78 is 16.8. The van der Waals surface area contributed by atoms with Gasteiger partial charge >= 0.3 is 0 Å². The molecule has 0 fully saturated rings. The SMILES string of the molecule is COc1c2c(cc3c1[C@H](CC(=NO)C(C)C)N(C)CC3)OCO2. The first kappa shape index (κ1) is 15.9. The maximum absolute atomic E-state index is 9.34. The number of likely N-dealkylation sites (N-methyl/N-ethyl adjacent to an activating group) is 1. The molecule has 3 rings (SSSR count). The van der Waals surface area contributed by atoms with Gasteiger partial charge in [0.2, 0.25) is 12.5 Å². The molecule has 0 saturated heterocycles. The summed E-state index contributed by atoms with van der Waals surface area (Å²) in [7, 11) is 3.75. The summed E-state index contributed by atoms with van der Waals surface area (Å²) >= 11 is 0. The zero-order valence-electron chi connectivity index (χ0n) is 14.1. The highest BCUT2D eigenvalue weighted by Gasteiger charge is 2.34. The molecule has 2 heterocycles. The average Bonchev–Trinajstić information content (AvgIpc) is 2.99. The van der Waals surface area contributed by atoms with Gasteiger partial charge in [-0.1, -0.05) is 19.0 Å². The molecule has 1 atom stereocenters. The van der Waals surface area contributed by atoms with Gasteiger partial charge in [-0.05, 0) is 31.0 Å². The highest BCUT2D eigenvalue weighted by molar-refractivity contribution is 5.86. The predicted molar refractivity (Wildman–Crippen MR) is 86.9 cm³/mol. The van der Waals surface area contributed by atoms with Crippen LogP contribution in [0.3, 0.4) is 0 Å². The maximum atomic E-state index is 9.34. The number of hydrogen-bond acceptors (Lipinski definition) is 6. The number of hydrogen-bond donors (Lipinski definition) is 1. The molecule has 0 unspecified atom stereocenters. The van der Waals surface area contributed by atoms with Crippen LogP contribution in [0.25, 0.3) is 0 Å². The van der Waals surface area contributed by atoms with Gasteiger partial charge in [0, 0.05) is 24.6 Å². The molecule has 1 aromatic carbocycles. The van der Waals surface area contributed by atoms with E-state index in [4.69, 9.17) is 14.2 Å². The topological polar surface area (TPSA) is 63.5 Å². The third-order valence-electron chi connectivity index (χ3n) is 4.74. The number of fused-ring (bicyclic) bond motifs is 2. The molecule has 0 spiro atoms. The maximum Gasteiger partial charge on any atom is 0.231 e. The Labute approximate surface area is 136 Å². The van der Waals surface area contributed by atoms with Gasteiger partial charge in [-0.3, -0.25) is 4.90 Å². The minimum atomic E-state index is 0.0940. The molecular weight excluding hydrogens is 296 g/mol. The molecule has 1 N–H and O–H groups in total. The number of oxime groups is 1. The van der Waals surface area contributed by atoms with Crippen LogP contribution in [0.15, 0.2) is 11.2 Å². The van der Waals surface area contributed by atoms with Crippen LogP contribution in [0.1, 0.15) is 37.4 Å². The van der Waals surface area contributed by atoms with Crippen molar-refractivity contribution in [3.05, 3.63) is 17.2 Å². The second-order valence-electron chi connectivity index (χ2n) is 6.41. The van der Waals surface area contributed by atoms with Gasteiger partial charge < -0.3 is 19.4 Å². The largest absolute Gasteiger partial charge is 0.492 e. The number of nitrogens with zero attached hydrogens (tertiary/aromatic N) is 2. The van der Waals surface area contributed by atoms with E-state index in [0.717, 1.165) is 35.7 Å². The molecule has 2 aliphatic heterocycles. The van der Waals surface area contributed by atoms with E-state index in [9.17, 15) is 5.21 Å². The molecule has 0 aliphatic carbocycles. The number of benzene rings is 1. The van der Waals surface area contributed by atoms with Crippen molar-refractivity contribution in [3.8, 4) is 17.2 Å². The number of rotatable bonds is 4. The summed E-state index contributed by atoms with van der Waals surface area (Å²) in [6.45, 7) is 5.24. The Kier molecular flexibility index (Phi) is 4.35. The smallest absolute Gasteiger partial charge is 0.231 e. The van der Waals surface area contributed by atoms with E-state index >= 15 is 0 Å². The van der Waals surface area contributed by atoms with Crippen LogP contribution < -0.4 is 14.2 Å². The van der Waals surface area contributed by atoms with Crippen LogP contribution in [0, 0.1) is 5.92 Å². The standard InChI is InChI=1S/C17H24N2O4/c1-10(2)12(18-20)8-13-15-11(5-6-19(13)3)7-14-16(17(15)21-4)23-9-22-14/h7,10,13,20H,5-6,8-9H2,1-4H3/t13-/m0/s1. The Morgan fingerprint density at radius 1 is 1.48 bits per heavy atom. The van der Waals surface area contributed by atoms with E-state index in [2.05, 4.69) is 23.2 Å².